The number of furan rings is 1. The molecule has 1 fully saturated rings. The maximum absolute atomic E-state index is 5.65. The van der Waals surface area contributed by atoms with E-state index in [9.17, 15) is 0 Å². The second kappa shape index (κ2) is 3.52. The summed E-state index contributed by atoms with van der Waals surface area (Å²) in [6, 6.07) is 2.44. The van der Waals surface area contributed by atoms with Crippen LogP contribution in [-0.4, -0.2) is 19.6 Å². The fourth-order valence-electron chi connectivity index (χ4n) is 1.84. The van der Waals surface area contributed by atoms with Gasteiger partial charge in [0.05, 0.1) is 6.04 Å². The fourth-order valence-corrected chi connectivity index (χ4v) is 1.84. The molecule has 1 aliphatic heterocycles. The Morgan fingerprint density at radius 3 is 2.77 bits per heavy atom. The quantitative estimate of drug-likeness (QED) is 0.680. The Hall–Kier alpha value is -0.800. The lowest BCUT2D eigenvalue weighted by atomic mass is 10.1. The van der Waals surface area contributed by atoms with Crippen molar-refractivity contribution >= 4 is 0 Å². The van der Waals surface area contributed by atoms with Crippen molar-refractivity contribution < 1.29 is 4.42 Å². The molecule has 1 saturated heterocycles. The molecule has 72 valence electrons. The van der Waals surface area contributed by atoms with Gasteiger partial charge in [0.25, 0.3) is 0 Å². The molecule has 0 amide bonds. The van der Waals surface area contributed by atoms with Gasteiger partial charge in [-0.2, -0.15) is 0 Å². The van der Waals surface area contributed by atoms with Crippen molar-refractivity contribution in [3.8, 4) is 0 Å². The van der Waals surface area contributed by atoms with Crippen LogP contribution in [0.4, 0.5) is 0 Å². The fraction of sp³-hybridized carbons (Fsp3) is 0.600. The minimum Gasteiger partial charge on any atom is -0.464 e. The van der Waals surface area contributed by atoms with Crippen LogP contribution in [0.25, 0.3) is 0 Å². The molecule has 0 radical (unpaired) electrons. The standard InChI is InChI=1S/C10H16N2O/c1-7-5-8(2)13-10(7)9-6-11-3-4-12-9/h5,9,11-12H,3-4,6H2,1-2H3/t9-/m0/s1. The second-order valence-electron chi connectivity index (χ2n) is 3.62. The highest BCUT2D eigenvalue weighted by Crippen LogP contribution is 2.21. The zero-order chi connectivity index (χ0) is 9.26. The van der Waals surface area contributed by atoms with Gasteiger partial charge in [0.1, 0.15) is 11.5 Å². The van der Waals surface area contributed by atoms with E-state index in [2.05, 4.69) is 23.6 Å². The normalized spacial score (nSPS) is 23.4. The zero-order valence-electron chi connectivity index (χ0n) is 8.18. The highest BCUT2D eigenvalue weighted by atomic mass is 16.3. The monoisotopic (exact) mass is 180 g/mol. The molecule has 1 atom stereocenters. The average Bonchev–Trinajstić information content (AvgIpc) is 2.47. The first-order chi connectivity index (χ1) is 6.27. The van der Waals surface area contributed by atoms with Gasteiger partial charge in [0.2, 0.25) is 0 Å². The van der Waals surface area contributed by atoms with Crippen LogP contribution in [0.3, 0.4) is 0 Å². The first kappa shape index (κ1) is 8.78. The summed E-state index contributed by atoms with van der Waals surface area (Å²) >= 11 is 0. The van der Waals surface area contributed by atoms with Crippen LogP contribution >= 0.6 is 0 Å². The van der Waals surface area contributed by atoms with Gasteiger partial charge in [0, 0.05) is 19.6 Å². The molecule has 1 aliphatic rings. The molecule has 3 heteroatoms. The maximum Gasteiger partial charge on any atom is 0.125 e. The van der Waals surface area contributed by atoms with E-state index in [0.29, 0.717) is 6.04 Å². The number of hydrogen-bond acceptors (Lipinski definition) is 3. The minimum absolute atomic E-state index is 0.349. The summed E-state index contributed by atoms with van der Waals surface area (Å²) in [5.74, 6) is 2.09. The topological polar surface area (TPSA) is 37.2 Å². The van der Waals surface area contributed by atoms with Gasteiger partial charge in [-0.3, -0.25) is 0 Å². The predicted molar refractivity (Wildman–Crippen MR) is 51.8 cm³/mol. The van der Waals surface area contributed by atoms with Crippen molar-refractivity contribution in [1.82, 2.24) is 10.6 Å². The highest BCUT2D eigenvalue weighted by molar-refractivity contribution is 5.22. The smallest absolute Gasteiger partial charge is 0.125 e. The van der Waals surface area contributed by atoms with Crippen molar-refractivity contribution in [1.29, 1.82) is 0 Å². The summed E-state index contributed by atoms with van der Waals surface area (Å²) in [7, 11) is 0. The molecule has 0 aromatic carbocycles. The largest absolute Gasteiger partial charge is 0.464 e. The third kappa shape index (κ3) is 1.76. The zero-order valence-corrected chi connectivity index (χ0v) is 8.18. The number of piperazine rings is 1. The summed E-state index contributed by atoms with van der Waals surface area (Å²) < 4.78 is 5.65. The van der Waals surface area contributed by atoms with Crippen molar-refractivity contribution in [2.75, 3.05) is 19.6 Å². The predicted octanol–water partition coefficient (Wildman–Crippen LogP) is 1.13. The number of nitrogens with one attached hydrogen (secondary N) is 2. The third-order valence-electron chi connectivity index (χ3n) is 2.44. The van der Waals surface area contributed by atoms with E-state index in [0.717, 1.165) is 31.2 Å². The van der Waals surface area contributed by atoms with Crippen molar-refractivity contribution in [2.24, 2.45) is 0 Å². The lowest BCUT2D eigenvalue weighted by Crippen LogP contribution is -2.42. The Kier molecular flexibility index (Phi) is 2.38. The molecule has 1 aromatic heterocycles. The molecule has 0 unspecified atom stereocenters. The van der Waals surface area contributed by atoms with Crippen LogP contribution < -0.4 is 10.6 Å². The van der Waals surface area contributed by atoms with E-state index in [1.165, 1.54) is 5.56 Å². The maximum atomic E-state index is 5.65. The van der Waals surface area contributed by atoms with Crippen LogP contribution in [0.2, 0.25) is 0 Å². The summed E-state index contributed by atoms with van der Waals surface area (Å²) in [4.78, 5) is 0. The number of rotatable bonds is 1. The SMILES string of the molecule is Cc1cc(C)c([C@@H]2CNCCN2)o1. The second-order valence-corrected chi connectivity index (χ2v) is 3.62. The van der Waals surface area contributed by atoms with Crippen LogP contribution in [0, 0.1) is 13.8 Å². The van der Waals surface area contributed by atoms with Crippen molar-refractivity contribution in [3.05, 3.63) is 23.2 Å². The van der Waals surface area contributed by atoms with Crippen LogP contribution in [0.5, 0.6) is 0 Å². The molecule has 0 spiro atoms. The Balaban J connectivity index is 2.18. The van der Waals surface area contributed by atoms with E-state index in [1.807, 2.05) is 6.92 Å². The molecule has 3 nitrogen and oxygen atoms in total. The molecule has 13 heavy (non-hydrogen) atoms. The summed E-state index contributed by atoms with van der Waals surface area (Å²) in [6.45, 7) is 7.13. The summed E-state index contributed by atoms with van der Waals surface area (Å²) in [5.41, 5.74) is 1.25. The van der Waals surface area contributed by atoms with Gasteiger partial charge in [-0.05, 0) is 25.5 Å². The molecule has 1 aromatic rings. The van der Waals surface area contributed by atoms with Gasteiger partial charge in [-0.1, -0.05) is 0 Å². The van der Waals surface area contributed by atoms with Crippen LogP contribution in [-0.2, 0) is 0 Å². The van der Waals surface area contributed by atoms with Gasteiger partial charge in [-0.15, -0.1) is 0 Å². The Labute approximate surface area is 78.5 Å². The minimum atomic E-state index is 0.349. The first-order valence-corrected chi connectivity index (χ1v) is 4.78. The third-order valence-corrected chi connectivity index (χ3v) is 2.44. The molecule has 2 N–H and O–H groups in total. The summed E-state index contributed by atoms with van der Waals surface area (Å²) in [5, 5.41) is 6.78. The Morgan fingerprint density at radius 1 is 1.38 bits per heavy atom. The van der Waals surface area contributed by atoms with Gasteiger partial charge < -0.3 is 15.1 Å². The van der Waals surface area contributed by atoms with E-state index in [-0.39, 0.29) is 0 Å². The molecule has 0 bridgehead atoms. The van der Waals surface area contributed by atoms with Crippen LogP contribution in [0.15, 0.2) is 10.5 Å². The van der Waals surface area contributed by atoms with Gasteiger partial charge in [-0.25, -0.2) is 0 Å². The molecular formula is C10H16N2O. The lowest BCUT2D eigenvalue weighted by Gasteiger charge is -2.23. The van der Waals surface area contributed by atoms with E-state index < -0.39 is 0 Å². The Morgan fingerprint density at radius 2 is 2.23 bits per heavy atom. The van der Waals surface area contributed by atoms with Crippen molar-refractivity contribution in [2.45, 2.75) is 19.9 Å². The summed E-state index contributed by atoms with van der Waals surface area (Å²) in [6.07, 6.45) is 0. The molecule has 0 aliphatic carbocycles. The van der Waals surface area contributed by atoms with Gasteiger partial charge >= 0.3 is 0 Å². The number of aryl methyl sites for hydroxylation is 2. The van der Waals surface area contributed by atoms with E-state index in [4.69, 9.17) is 4.42 Å². The molecule has 0 saturated carbocycles. The average molecular weight is 180 g/mol. The first-order valence-electron chi connectivity index (χ1n) is 4.78. The molecule has 2 heterocycles. The van der Waals surface area contributed by atoms with Gasteiger partial charge in [0.15, 0.2) is 0 Å². The number of hydrogen-bond donors (Lipinski definition) is 2. The molecular weight excluding hydrogens is 164 g/mol. The molecule has 2 rings (SSSR count). The van der Waals surface area contributed by atoms with E-state index in [1.54, 1.807) is 0 Å². The van der Waals surface area contributed by atoms with Crippen molar-refractivity contribution in [3.63, 3.8) is 0 Å². The highest BCUT2D eigenvalue weighted by Gasteiger charge is 2.19. The van der Waals surface area contributed by atoms with Crippen LogP contribution in [0.1, 0.15) is 23.1 Å². The lowest BCUT2D eigenvalue weighted by molar-refractivity contribution is 0.355. The Bertz CT molecular complexity index is 287. The van der Waals surface area contributed by atoms with E-state index >= 15 is 0 Å².